The van der Waals surface area contributed by atoms with Crippen LogP contribution in [0.2, 0.25) is 0 Å². The van der Waals surface area contributed by atoms with E-state index in [0.29, 0.717) is 5.56 Å². The van der Waals surface area contributed by atoms with E-state index in [1.807, 2.05) is 18.2 Å². The third-order valence-electron chi connectivity index (χ3n) is 5.04. The van der Waals surface area contributed by atoms with E-state index >= 15 is 0 Å². The molecule has 0 amide bonds. The Balaban J connectivity index is 1.52. The number of esters is 1. The van der Waals surface area contributed by atoms with E-state index in [0.717, 1.165) is 48.2 Å². The van der Waals surface area contributed by atoms with Crippen molar-refractivity contribution in [3.63, 3.8) is 0 Å². The Hall–Kier alpha value is -2.64. The van der Waals surface area contributed by atoms with Gasteiger partial charge in [0.15, 0.2) is 11.0 Å². The topological polar surface area (TPSA) is 69.0 Å². The summed E-state index contributed by atoms with van der Waals surface area (Å²) >= 11 is 1.66. The van der Waals surface area contributed by atoms with E-state index in [-0.39, 0.29) is 12.0 Å². The Morgan fingerprint density at radius 2 is 1.93 bits per heavy atom. The molecule has 4 rings (SSSR count). The summed E-state index contributed by atoms with van der Waals surface area (Å²) in [6.07, 6.45) is 2.25. The fourth-order valence-electron chi connectivity index (χ4n) is 3.49. The molecule has 0 bridgehead atoms. The van der Waals surface area contributed by atoms with Crippen molar-refractivity contribution in [1.82, 2.24) is 20.1 Å². The number of carbonyl (C=O) groups excluding carboxylic acids is 1. The zero-order valence-corrected chi connectivity index (χ0v) is 17.2. The van der Waals surface area contributed by atoms with Gasteiger partial charge in [0.25, 0.3) is 0 Å². The first kappa shape index (κ1) is 19.7. The highest BCUT2D eigenvalue weighted by molar-refractivity contribution is 7.98. The number of ether oxygens (including phenoxy) is 1. The van der Waals surface area contributed by atoms with E-state index in [4.69, 9.17) is 4.74 Å². The SMILES string of the molecule is COC(=O)c1ccc(CSc2nnc(C3CCCN3)n2Cc2ccccc2)cc1. The van der Waals surface area contributed by atoms with Gasteiger partial charge < -0.3 is 14.6 Å². The molecule has 150 valence electrons. The lowest BCUT2D eigenvalue weighted by Gasteiger charge is -2.14. The maximum absolute atomic E-state index is 11.6. The highest BCUT2D eigenvalue weighted by Crippen LogP contribution is 2.28. The predicted molar refractivity (Wildman–Crippen MR) is 113 cm³/mol. The Morgan fingerprint density at radius 3 is 2.62 bits per heavy atom. The average Bonchev–Trinajstić information content (AvgIpc) is 3.43. The fourth-order valence-corrected chi connectivity index (χ4v) is 4.39. The lowest BCUT2D eigenvalue weighted by Crippen LogP contribution is -2.19. The molecule has 1 aliphatic heterocycles. The number of thioether (sulfide) groups is 1. The second-order valence-electron chi connectivity index (χ2n) is 7.04. The average molecular weight is 409 g/mol. The van der Waals surface area contributed by atoms with Crippen molar-refractivity contribution in [2.45, 2.75) is 36.3 Å². The standard InChI is InChI=1S/C22H24N4O2S/c1-28-21(27)18-11-9-17(10-12-18)15-29-22-25-24-20(19-8-5-13-23-19)26(22)14-16-6-3-2-4-7-16/h2-4,6-7,9-12,19,23H,5,8,13-15H2,1H3. The van der Waals surface area contributed by atoms with Crippen LogP contribution in [0, 0.1) is 0 Å². The number of carbonyl (C=O) groups is 1. The van der Waals surface area contributed by atoms with E-state index in [9.17, 15) is 4.79 Å². The van der Waals surface area contributed by atoms with Crippen LogP contribution in [0.1, 0.15) is 46.2 Å². The zero-order chi connectivity index (χ0) is 20.1. The molecule has 6 nitrogen and oxygen atoms in total. The maximum Gasteiger partial charge on any atom is 0.337 e. The molecular formula is C22H24N4O2S. The van der Waals surface area contributed by atoms with Crippen LogP contribution in [0.5, 0.6) is 0 Å². The first-order valence-corrected chi connectivity index (χ1v) is 10.7. The highest BCUT2D eigenvalue weighted by Gasteiger charge is 2.24. The van der Waals surface area contributed by atoms with Crippen LogP contribution in [0.4, 0.5) is 0 Å². The number of nitrogens with zero attached hydrogens (tertiary/aromatic N) is 3. The lowest BCUT2D eigenvalue weighted by atomic mass is 10.1. The second kappa shape index (κ2) is 9.24. The number of hydrogen-bond acceptors (Lipinski definition) is 6. The van der Waals surface area contributed by atoms with Crippen molar-refractivity contribution in [3.05, 3.63) is 77.1 Å². The largest absolute Gasteiger partial charge is 0.465 e. The minimum Gasteiger partial charge on any atom is -0.465 e. The molecule has 1 fully saturated rings. The normalized spacial score (nSPS) is 16.1. The maximum atomic E-state index is 11.6. The molecule has 0 saturated carbocycles. The van der Waals surface area contributed by atoms with Crippen molar-refractivity contribution in [2.24, 2.45) is 0 Å². The van der Waals surface area contributed by atoms with Gasteiger partial charge in [0, 0.05) is 5.75 Å². The molecule has 2 heterocycles. The van der Waals surface area contributed by atoms with Gasteiger partial charge in [-0.25, -0.2) is 4.79 Å². The molecule has 2 aromatic carbocycles. The van der Waals surface area contributed by atoms with Gasteiger partial charge in [-0.05, 0) is 42.6 Å². The van der Waals surface area contributed by atoms with Crippen LogP contribution in [0.25, 0.3) is 0 Å². The molecule has 1 N–H and O–H groups in total. The Labute approximate surface area is 174 Å². The predicted octanol–water partition coefficient (Wildman–Crippen LogP) is 3.83. The van der Waals surface area contributed by atoms with Gasteiger partial charge in [-0.15, -0.1) is 10.2 Å². The van der Waals surface area contributed by atoms with Crippen LogP contribution in [-0.2, 0) is 17.0 Å². The minimum atomic E-state index is -0.319. The second-order valence-corrected chi connectivity index (χ2v) is 7.98. The number of hydrogen-bond donors (Lipinski definition) is 1. The van der Waals surface area contributed by atoms with E-state index < -0.39 is 0 Å². The Bertz CT molecular complexity index is 951. The summed E-state index contributed by atoms with van der Waals surface area (Å²) in [4.78, 5) is 11.6. The van der Waals surface area contributed by atoms with Gasteiger partial charge in [-0.2, -0.15) is 0 Å². The Morgan fingerprint density at radius 1 is 1.14 bits per heavy atom. The van der Waals surface area contributed by atoms with Crippen molar-refractivity contribution in [1.29, 1.82) is 0 Å². The number of nitrogens with one attached hydrogen (secondary N) is 1. The van der Waals surface area contributed by atoms with E-state index in [1.54, 1.807) is 23.9 Å². The molecule has 3 aromatic rings. The monoisotopic (exact) mass is 408 g/mol. The van der Waals surface area contributed by atoms with Gasteiger partial charge >= 0.3 is 5.97 Å². The number of benzene rings is 2. The first-order chi connectivity index (χ1) is 14.2. The third-order valence-corrected chi connectivity index (χ3v) is 6.08. The van der Waals surface area contributed by atoms with Crippen LogP contribution in [0.15, 0.2) is 59.8 Å². The first-order valence-electron chi connectivity index (χ1n) is 9.75. The third kappa shape index (κ3) is 4.68. The molecule has 0 spiro atoms. The summed E-state index contributed by atoms with van der Waals surface area (Å²) in [6, 6.07) is 18.2. The summed E-state index contributed by atoms with van der Waals surface area (Å²) < 4.78 is 6.99. The molecule has 1 aliphatic rings. The molecule has 0 aliphatic carbocycles. The molecule has 1 atom stereocenters. The van der Waals surface area contributed by atoms with Gasteiger partial charge in [0.05, 0.1) is 25.3 Å². The van der Waals surface area contributed by atoms with Gasteiger partial charge in [-0.3, -0.25) is 0 Å². The quantitative estimate of drug-likeness (QED) is 0.473. The molecule has 1 saturated heterocycles. The fraction of sp³-hybridized carbons (Fsp3) is 0.318. The smallest absolute Gasteiger partial charge is 0.337 e. The van der Waals surface area contributed by atoms with E-state index in [1.165, 1.54) is 12.7 Å². The number of rotatable bonds is 7. The van der Waals surface area contributed by atoms with Crippen LogP contribution in [-0.4, -0.2) is 34.4 Å². The van der Waals surface area contributed by atoms with Crippen molar-refractivity contribution in [3.8, 4) is 0 Å². The molecular weight excluding hydrogens is 384 g/mol. The van der Waals surface area contributed by atoms with Gasteiger partial charge in [0.2, 0.25) is 0 Å². The zero-order valence-electron chi connectivity index (χ0n) is 16.4. The summed E-state index contributed by atoms with van der Waals surface area (Å²) in [6.45, 7) is 1.78. The minimum absolute atomic E-state index is 0.264. The molecule has 0 radical (unpaired) electrons. The molecule has 1 unspecified atom stereocenters. The van der Waals surface area contributed by atoms with E-state index in [2.05, 4.69) is 44.3 Å². The van der Waals surface area contributed by atoms with Gasteiger partial charge in [-0.1, -0.05) is 54.2 Å². The van der Waals surface area contributed by atoms with Crippen LogP contribution < -0.4 is 5.32 Å². The summed E-state index contributed by atoms with van der Waals surface area (Å²) in [5.41, 5.74) is 2.91. The van der Waals surface area contributed by atoms with Crippen molar-refractivity contribution < 1.29 is 9.53 Å². The Kier molecular flexibility index (Phi) is 6.27. The summed E-state index contributed by atoms with van der Waals surface area (Å²) in [7, 11) is 1.39. The number of aromatic nitrogens is 3. The van der Waals surface area contributed by atoms with Crippen LogP contribution in [0.3, 0.4) is 0 Å². The number of methoxy groups -OCH3 is 1. The summed E-state index contributed by atoms with van der Waals surface area (Å²) in [5, 5.41) is 13.5. The highest BCUT2D eigenvalue weighted by atomic mass is 32.2. The summed E-state index contributed by atoms with van der Waals surface area (Å²) in [5.74, 6) is 1.45. The van der Waals surface area contributed by atoms with Crippen molar-refractivity contribution in [2.75, 3.05) is 13.7 Å². The van der Waals surface area contributed by atoms with Gasteiger partial charge in [0.1, 0.15) is 0 Å². The van der Waals surface area contributed by atoms with Crippen molar-refractivity contribution >= 4 is 17.7 Å². The molecule has 1 aromatic heterocycles. The lowest BCUT2D eigenvalue weighted by molar-refractivity contribution is 0.0600. The van der Waals surface area contributed by atoms with Crippen LogP contribution >= 0.6 is 11.8 Å². The molecule has 29 heavy (non-hydrogen) atoms. The molecule has 7 heteroatoms.